The molecule has 0 saturated carbocycles. The molecule has 0 aromatic carbocycles. The van der Waals surface area contributed by atoms with Crippen LogP contribution in [0, 0.1) is 0 Å². The van der Waals surface area contributed by atoms with E-state index in [4.69, 9.17) is 14.2 Å². The third-order valence-corrected chi connectivity index (χ3v) is 19.6. The topological polar surface area (TPSA) is 175 Å². The first kappa shape index (κ1) is 91.4. The average molecular weight is 1350 g/mol. The predicted octanol–water partition coefficient (Wildman–Crippen LogP) is 22.8. The molecule has 0 spiro atoms. The van der Waals surface area contributed by atoms with Gasteiger partial charge in [0.1, 0.15) is 24.4 Å². The summed E-state index contributed by atoms with van der Waals surface area (Å²) in [4.78, 5) is 25.2. The van der Waals surface area contributed by atoms with Gasteiger partial charge in [0.25, 0.3) is 0 Å². The summed E-state index contributed by atoms with van der Waals surface area (Å²) in [5.74, 6) is -0.180. The molecular formula is C85H157NO10. The number of amides is 1. The molecule has 0 aliphatic carbocycles. The Morgan fingerprint density at radius 3 is 1.09 bits per heavy atom. The zero-order chi connectivity index (χ0) is 69.4. The summed E-state index contributed by atoms with van der Waals surface area (Å²) in [5.41, 5.74) is 0. The smallest absolute Gasteiger partial charge is 0.305 e. The third kappa shape index (κ3) is 61.2. The molecule has 7 unspecified atom stereocenters. The van der Waals surface area contributed by atoms with Gasteiger partial charge < -0.3 is 45.1 Å². The van der Waals surface area contributed by atoms with Crippen molar-refractivity contribution < 1.29 is 49.3 Å². The Labute approximate surface area is 592 Å². The van der Waals surface area contributed by atoms with E-state index in [2.05, 4.69) is 67.8 Å². The molecule has 1 aliphatic heterocycles. The summed E-state index contributed by atoms with van der Waals surface area (Å²) in [6.07, 6.45) is 89.8. The van der Waals surface area contributed by atoms with Crippen molar-refractivity contribution in [2.24, 2.45) is 0 Å². The van der Waals surface area contributed by atoms with Crippen LogP contribution in [0.15, 0.2) is 60.8 Å². The largest absolute Gasteiger partial charge is 0.466 e. The molecule has 1 rings (SSSR count). The Balaban J connectivity index is 1.91. The second-order valence-electron chi connectivity index (χ2n) is 28.8. The predicted molar refractivity (Wildman–Crippen MR) is 407 cm³/mol. The molecule has 11 nitrogen and oxygen atoms in total. The van der Waals surface area contributed by atoms with Gasteiger partial charge in [-0.05, 0) is 103 Å². The number of carbonyl (C=O) groups excluding carboxylic acids is 2. The summed E-state index contributed by atoms with van der Waals surface area (Å²) in [6, 6.07) is -0.826. The van der Waals surface area contributed by atoms with Crippen molar-refractivity contribution in [2.45, 2.75) is 448 Å². The molecule has 0 radical (unpaired) electrons. The lowest BCUT2D eigenvalue weighted by Gasteiger charge is -2.40. The first-order valence-corrected chi connectivity index (χ1v) is 41.6. The molecular weight excluding hydrogens is 1190 g/mol. The Morgan fingerprint density at radius 2 is 0.708 bits per heavy atom. The third-order valence-electron chi connectivity index (χ3n) is 19.6. The van der Waals surface area contributed by atoms with Crippen LogP contribution < -0.4 is 5.32 Å². The average Bonchev–Trinajstić information content (AvgIpc) is 1.06. The quantitative estimate of drug-likeness (QED) is 0.0195. The molecule has 1 amide bonds. The number of ether oxygens (including phenoxy) is 3. The minimum Gasteiger partial charge on any atom is -0.466 e. The van der Waals surface area contributed by atoms with Gasteiger partial charge in [0.2, 0.25) is 5.91 Å². The van der Waals surface area contributed by atoms with Crippen LogP contribution in [-0.2, 0) is 23.8 Å². The highest BCUT2D eigenvalue weighted by Crippen LogP contribution is 2.24. The fourth-order valence-corrected chi connectivity index (χ4v) is 13.1. The molecule has 1 fully saturated rings. The van der Waals surface area contributed by atoms with Crippen molar-refractivity contribution in [3.05, 3.63) is 60.8 Å². The maximum Gasteiger partial charge on any atom is 0.305 e. The first-order valence-electron chi connectivity index (χ1n) is 41.6. The second kappa shape index (κ2) is 73.6. The number of aliphatic hydroxyl groups excluding tert-OH is 5. The van der Waals surface area contributed by atoms with Crippen LogP contribution in [0.4, 0.5) is 0 Å². The Morgan fingerprint density at radius 1 is 0.385 bits per heavy atom. The summed E-state index contributed by atoms with van der Waals surface area (Å²) in [7, 11) is 0. The number of allylic oxidation sites excluding steroid dienone is 9. The number of aliphatic hydroxyl groups is 5. The van der Waals surface area contributed by atoms with Gasteiger partial charge >= 0.3 is 5.97 Å². The van der Waals surface area contributed by atoms with Crippen molar-refractivity contribution >= 4 is 11.9 Å². The number of hydrogen-bond donors (Lipinski definition) is 6. The Hall–Kier alpha value is -2.64. The van der Waals surface area contributed by atoms with Crippen molar-refractivity contribution in [1.29, 1.82) is 0 Å². The highest BCUT2D eigenvalue weighted by molar-refractivity contribution is 5.76. The van der Waals surface area contributed by atoms with Crippen LogP contribution in [0.25, 0.3) is 0 Å². The number of carbonyl (C=O) groups is 2. The van der Waals surface area contributed by atoms with Crippen LogP contribution >= 0.6 is 0 Å². The van der Waals surface area contributed by atoms with Crippen molar-refractivity contribution in [1.82, 2.24) is 5.32 Å². The van der Waals surface area contributed by atoms with Gasteiger partial charge in [-0.3, -0.25) is 9.59 Å². The van der Waals surface area contributed by atoms with Crippen LogP contribution in [0.3, 0.4) is 0 Å². The molecule has 1 saturated heterocycles. The zero-order valence-electron chi connectivity index (χ0n) is 62.8. The van der Waals surface area contributed by atoms with E-state index in [-0.39, 0.29) is 18.5 Å². The van der Waals surface area contributed by atoms with Gasteiger partial charge in [-0.15, -0.1) is 0 Å². The number of hydrogen-bond acceptors (Lipinski definition) is 10. The number of rotatable bonds is 74. The summed E-state index contributed by atoms with van der Waals surface area (Å²) in [5, 5.41) is 54.6. The molecule has 1 heterocycles. The van der Waals surface area contributed by atoms with Crippen LogP contribution in [-0.4, -0.2) is 100 Å². The standard InChI is InChI=1S/C85H157NO10/c1-3-5-7-9-11-13-15-17-44-49-53-57-61-65-69-73-81(90)94-74-70-66-62-58-54-50-46-43-41-39-37-35-33-31-29-27-25-23-21-19-20-22-24-26-28-30-32-34-36-38-40-42-45-48-52-56-60-64-68-72-80(89)86-77(76-95-85-84(93)83(92)82(91)79(75-87)96-85)78(88)71-67-63-59-55-51-47-18-16-14-12-10-8-6-4-2/h17,19-20,23,25,44,51,55,67,71,77-79,82-85,87-88,91-93H,3-16,18,21-22,24,26-43,45-50,52-54,56-66,68-70,72-76H2,1-2H3,(H,86,89)/b20-19-,25-23-,44-17-,55-51+,71-67+. The molecule has 0 aromatic rings. The van der Waals surface area contributed by atoms with Crippen molar-refractivity contribution in [2.75, 3.05) is 19.8 Å². The molecule has 0 bridgehead atoms. The summed E-state index contributed by atoms with van der Waals surface area (Å²) >= 11 is 0. The minimum atomic E-state index is -1.58. The van der Waals surface area contributed by atoms with E-state index >= 15 is 0 Å². The van der Waals surface area contributed by atoms with E-state index in [0.29, 0.717) is 19.4 Å². The second-order valence-corrected chi connectivity index (χ2v) is 28.8. The van der Waals surface area contributed by atoms with Gasteiger partial charge in [0, 0.05) is 12.8 Å². The van der Waals surface area contributed by atoms with E-state index in [0.717, 1.165) is 64.2 Å². The van der Waals surface area contributed by atoms with Crippen molar-refractivity contribution in [3.63, 3.8) is 0 Å². The normalized spacial score (nSPS) is 17.6. The van der Waals surface area contributed by atoms with E-state index in [1.807, 2.05) is 6.08 Å². The first-order chi connectivity index (χ1) is 47.2. The zero-order valence-corrected chi connectivity index (χ0v) is 62.8. The Bertz CT molecular complexity index is 1780. The van der Waals surface area contributed by atoms with Crippen LogP contribution in [0.2, 0.25) is 0 Å². The summed E-state index contributed by atoms with van der Waals surface area (Å²) in [6.45, 7) is 4.36. The molecule has 11 heteroatoms. The minimum absolute atomic E-state index is 0.00682. The molecule has 6 N–H and O–H groups in total. The van der Waals surface area contributed by atoms with Gasteiger partial charge in [0.15, 0.2) is 6.29 Å². The van der Waals surface area contributed by atoms with E-state index in [1.165, 1.54) is 315 Å². The number of unbranched alkanes of at least 4 members (excludes halogenated alkanes) is 52. The highest BCUT2D eigenvalue weighted by atomic mass is 16.7. The van der Waals surface area contributed by atoms with E-state index < -0.39 is 49.5 Å². The molecule has 7 atom stereocenters. The van der Waals surface area contributed by atoms with E-state index in [9.17, 15) is 35.1 Å². The van der Waals surface area contributed by atoms with Crippen LogP contribution in [0.5, 0.6) is 0 Å². The monoisotopic (exact) mass is 1350 g/mol. The maximum atomic E-state index is 13.1. The molecule has 96 heavy (non-hydrogen) atoms. The fourth-order valence-electron chi connectivity index (χ4n) is 13.1. The van der Waals surface area contributed by atoms with Gasteiger partial charge in [-0.25, -0.2) is 0 Å². The lowest BCUT2D eigenvalue weighted by atomic mass is 9.99. The maximum absolute atomic E-state index is 13.1. The number of nitrogens with one attached hydrogen (secondary N) is 1. The SMILES string of the molecule is CCCCCCCC/C=C\CCCCCCCC(=O)OCCCCCCCCCCCCCCCCC/C=C\C/C=C\CCCCCCCCCCCCCCCCCCCC(=O)NC(COC1OC(CO)C(O)C(O)C1O)C(O)/C=C/CC/C=C/CCCCCCCCCC. The fraction of sp³-hybridized carbons (Fsp3) is 0.859. The molecule has 0 aromatic heterocycles. The summed E-state index contributed by atoms with van der Waals surface area (Å²) < 4.78 is 16.8. The van der Waals surface area contributed by atoms with Crippen LogP contribution in [0.1, 0.15) is 406 Å². The van der Waals surface area contributed by atoms with E-state index in [1.54, 1.807) is 6.08 Å². The highest BCUT2D eigenvalue weighted by Gasteiger charge is 2.44. The molecule has 562 valence electrons. The number of esters is 1. The van der Waals surface area contributed by atoms with Gasteiger partial charge in [0.05, 0.1) is 32.0 Å². The van der Waals surface area contributed by atoms with Crippen molar-refractivity contribution in [3.8, 4) is 0 Å². The lowest BCUT2D eigenvalue weighted by Crippen LogP contribution is -2.60. The van der Waals surface area contributed by atoms with Gasteiger partial charge in [-0.2, -0.15) is 0 Å². The molecule has 1 aliphatic rings. The lowest BCUT2D eigenvalue weighted by molar-refractivity contribution is -0.302. The Kier molecular flexibility index (Phi) is 70.0. The van der Waals surface area contributed by atoms with Gasteiger partial charge in [-0.1, -0.05) is 351 Å².